The Bertz CT molecular complexity index is 20.9. The van der Waals surface area contributed by atoms with Crippen molar-refractivity contribution in [3.8, 4) is 0 Å². The predicted octanol–water partition coefficient (Wildman–Crippen LogP) is -0.0464. The van der Waals surface area contributed by atoms with Gasteiger partial charge >= 0.3 is 0 Å². The van der Waals surface area contributed by atoms with Crippen LogP contribution < -0.4 is 0 Å². The second kappa shape index (κ2) is 8.82. The van der Waals surface area contributed by atoms with Crippen LogP contribution in [-0.2, 0) is 21.7 Å². The molecule has 0 fully saturated rings. The van der Waals surface area contributed by atoms with Gasteiger partial charge in [0.05, 0.1) is 0 Å². The van der Waals surface area contributed by atoms with E-state index in [2.05, 4.69) is 6.58 Å². The molecular weight excluding hydrogens is 112 g/mol. The zero-order valence-electron chi connectivity index (χ0n) is 3.49. The van der Waals surface area contributed by atoms with Gasteiger partial charge in [-0.15, -0.1) is 6.58 Å². The van der Waals surface area contributed by atoms with E-state index in [0.717, 1.165) is 0 Å². The minimum atomic E-state index is 0. The van der Waals surface area contributed by atoms with Crippen LogP contribution in [0, 0.1) is 0 Å². The van der Waals surface area contributed by atoms with Crippen molar-refractivity contribution in [1.29, 1.82) is 0 Å². The zero-order valence-corrected chi connectivity index (χ0v) is 7.05. The molecule has 0 atom stereocenters. The minimum absolute atomic E-state index is 0. The summed E-state index contributed by atoms with van der Waals surface area (Å²) in [6, 6.07) is 1.22. The van der Waals surface area contributed by atoms with Crippen molar-refractivity contribution < 1.29 is 21.7 Å². The van der Waals surface area contributed by atoms with Gasteiger partial charge < -0.3 is 0 Å². The molecule has 28 valence electrons. The van der Waals surface area contributed by atoms with Gasteiger partial charge in [0.25, 0.3) is 0 Å². The van der Waals surface area contributed by atoms with Gasteiger partial charge in [-0.25, -0.2) is 0 Å². The van der Waals surface area contributed by atoms with Gasteiger partial charge in [-0.2, -0.15) is 0 Å². The van der Waals surface area contributed by atoms with E-state index >= 15 is 0 Å². The molecule has 0 bridgehead atoms. The third-order valence-electron chi connectivity index (χ3n) is 0.289. The smallest absolute Gasteiger partial charge is 0.00753 e. The number of rotatable bonds is 1. The van der Waals surface area contributed by atoms with E-state index in [0.29, 0.717) is 0 Å². The van der Waals surface area contributed by atoms with Crippen LogP contribution in [0.25, 0.3) is 0 Å². The Balaban J connectivity index is 0. The number of hydrogen-bond acceptors (Lipinski definition) is 0. The topological polar surface area (TPSA) is 0 Å². The monoisotopic (exact) mass is 120 g/mol. The molecule has 0 radical (unpaired) electrons. The SMILES string of the molecule is C=CC[SiH3].[Ti]. The first kappa shape index (κ1) is 9.18. The van der Waals surface area contributed by atoms with Gasteiger partial charge in [-0.3, -0.25) is 0 Å². The number of hydrogen-bond donors (Lipinski definition) is 0. The van der Waals surface area contributed by atoms with Crippen molar-refractivity contribution in [3.63, 3.8) is 0 Å². The van der Waals surface area contributed by atoms with Crippen LogP contribution in [0.2, 0.25) is 6.04 Å². The molecule has 0 aliphatic heterocycles. The molecule has 0 rings (SSSR count). The Morgan fingerprint density at radius 1 is 1.80 bits per heavy atom. The summed E-state index contributed by atoms with van der Waals surface area (Å²) in [6.45, 7) is 3.51. The molecule has 0 saturated carbocycles. The summed E-state index contributed by atoms with van der Waals surface area (Å²) >= 11 is 0. The molecule has 0 nitrogen and oxygen atoms in total. The fourth-order valence-corrected chi connectivity index (χ4v) is 0. The molecule has 0 amide bonds. The third kappa shape index (κ3) is 11.9. The van der Waals surface area contributed by atoms with Crippen molar-refractivity contribution in [3.05, 3.63) is 12.7 Å². The van der Waals surface area contributed by atoms with Crippen molar-refractivity contribution in [1.82, 2.24) is 0 Å². The molecule has 0 aliphatic rings. The van der Waals surface area contributed by atoms with E-state index in [9.17, 15) is 0 Å². The average Bonchev–Trinajstić information content (AvgIpc) is 1.37. The molecular formula is C3H8SiTi. The van der Waals surface area contributed by atoms with Gasteiger partial charge in [0.15, 0.2) is 0 Å². The van der Waals surface area contributed by atoms with E-state index in [-0.39, 0.29) is 21.7 Å². The van der Waals surface area contributed by atoms with Gasteiger partial charge in [0, 0.05) is 32.0 Å². The molecule has 0 aromatic rings. The molecule has 0 aliphatic carbocycles. The molecule has 0 aromatic heterocycles. The first-order valence-corrected chi connectivity index (χ1v) is 2.94. The fraction of sp³-hybridized carbons (Fsp3) is 0.333. The molecule has 0 N–H and O–H groups in total. The van der Waals surface area contributed by atoms with Crippen LogP contribution in [0.3, 0.4) is 0 Å². The summed E-state index contributed by atoms with van der Waals surface area (Å²) in [7, 11) is 1.27. The molecule has 5 heavy (non-hydrogen) atoms. The summed E-state index contributed by atoms with van der Waals surface area (Å²) < 4.78 is 0. The van der Waals surface area contributed by atoms with Crippen LogP contribution in [0.1, 0.15) is 0 Å². The fourth-order valence-electron chi connectivity index (χ4n) is 0. The molecule has 0 saturated heterocycles. The van der Waals surface area contributed by atoms with Crippen LogP contribution in [-0.4, -0.2) is 10.2 Å². The third-order valence-corrected chi connectivity index (χ3v) is 0.866. The van der Waals surface area contributed by atoms with E-state index in [4.69, 9.17) is 0 Å². The predicted molar refractivity (Wildman–Crippen MR) is 24.9 cm³/mol. The van der Waals surface area contributed by atoms with Gasteiger partial charge in [-0.1, -0.05) is 6.08 Å². The minimum Gasteiger partial charge on any atom is -0.103 e. The van der Waals surface area contributed by atoms with Crippen LogP contribution >= 0.6 is 0 Å². The van der Waals surface area contributed by atoms with Crippen molar-refractivity contribution in [2.24, 2.45) is 0 Å². The maximum Gasteiger partial charge on any atom is 0.00753 e. The summed E-state index contributed by atoms with van der Waals surface area (Å²) in [5, 5.41) is 0. The van der Waals surface area contributed by atoms with E-state index in [1.165, 1.54) is 16.3 Å². The van der Waals surface area contributed by atoms with E-state index in [1.807, 2.05) is 6.08 Å². The van der Waals surface area contributed by atoms with Crippen LogP contribution in [0.15, 0.2) is 12.7 Å². The van der Waals surface area contributed by atoms with E-state index < -0.39 is 0 Å². The average molecular weight is 120 g/mol. The summed E-state index contributed by atoms with van der Waals surface area (Å²) in [5.74, 6) is 0. The van der Waals surface area contributed by atoms with Crippen molar-refractivity contribution in [2.75, 3.05) is 0 Å². The Morgan fingerprint density at radius 3 is 2.00 bits per heavy atom. The summed E-state index contributed by atoms with van der Waals surface area (Å²) in [4.78, 5) is 0. The summed E-state index contributed by atoms with van der Waals surface area (Å²) in [5.41, 5.74) is 0. The zero-order chi connectivity index (χ0) is 3.41. The van der Waals surface area contributed by atoms with Crippen molar-refractivity contribution >= 4 is 10.2 Å². The molecule has 0 heterocycles. The molecule has 2 heteroatoms. The standard InChI is InChI=1S/C3H8Si.Ti/c1-2-3-4;/h2H,1,3H2,4H3;. The normalized spacial score (nSPS) is 5.60. The van der Waals surface area contributed by atoms with Gasteiger partial charge in [0.1, 0.15) is 0 Å². The summed E-state index contributed by atoms with van der Waals surface area (Å²) in [6.07, 6.45) is 1.94. The van der Waals surface area contributed by atoms with Crippen molar-refractivity contribution in [2.45, 2.75) is 6.04 Å². The number of allylic oxidation sites excluding steroid dienone is 1. The van der Waals surface area contributed by atoms with Crippen LogP contribution in [0.5, 0.6) is 0 Å². The molecule has 0 spiro atoms. The van der Waals surface area contributed by atoms with E-state index in [1.54, 1.807) is 0 Å². The molecule has 0 aromatic carbocycles. The second-order valence-corrected chi connectivity index (χ2v) is 1.51. The second-order valence-electron chi connectivity index (χ2n) is 0.697. The quantitative estimate of drug-likeness (QED) is 0.336. The van der Waals surface area contributed by atoms with Gasteiger partial charge in [-0.05, 0) is 6.04 Å². The van der Waals surface area contributed by atoms with Gasteiger partial charge in [0.2, 0.25) is 0 Å². The molecule has 0 unspecified atom stereocenters. The maximum absolute atomic E-state index is 3.51. The Kier molecular flexibility index (Phi) is 16.2. The first-order valence-electron chi connectivity index (χ1n) is 1.52. The first-order chi connectivity index (χ1) is 1.91. The Morgan fingerprint density at radius 2 is 2.00 bits per heavy atom. The largest absolute Gasteiger partial charge is 0.103 e. The maximum atomic E-state index is 3.51. The van der Waals surface area contributed by atoms with Crippen LogP contribution in [0.4, 0.5) is 0 Å². The Hall–Kier alpha value is 0.671. The Labute approximate surface area is 51.0 Å².